The van der Waals surface area contributed by atoms with Crippen LogP contribution in [0.15, 0.2) is 23.4 Å². The van der Waals surface area contributed by atoms with Gasteiger partial charge in [-0.2, -0.15) is 4.72 Å². The molecule has 0 aliphatic heterocycles. The van der Waals surface area contributed by atoms with Crippen LogP contribution in [0.3, 0.4) is 0 Å². The van der Waals surface area contributed by atoms with Crippen molar-refractivity contribution < 1.29 is 17.9 Å². The molecule has 1 aromatic heterocycles. The Bertz CT molecular complexity index is 565. The highest BCUT2D eigenvalue weighted by Crippen LogP contribution is 2.19. The molecule has 1 amide bonds. The van der Waals surface area contributed by atoms with Crippen molar-refractivity contribution in [2.75, 3.05) is 20.3 Å². The molecule has 112 valence electrons. The van der Waals surface area contributed by atoms with Gasteiger partial charge in [-0.25, -0.2) is 8.42 Å². The first-order valence-electron chi connectivity index (χ1n) is 5.77. The second kappa shape index (κ2) is 7.53. The number of nitrogens with zero attached hydrogens (tertiary/aromatic N) is 1. The Morgan fingerprint density at radius 2 is 2.25 bits per heavy atom. The quantitative estimate of drug-likeness (QED) is 0.697. The maximum absolute atomic E-state index is 12.1. The van der Waals surface area contributed by atoms with E-state index >= 15 is 0 Å². The molecule has 1 aromatic rings. The summed E-state index contributed by atoms with van der Waals surface area (Å²) in [5.74, 6) is -0.453. The van der Waals surface area contributed by atoms with Gasteiger partial charge in [-0.15, -0.1) is 0 Å². The number of nitrogens with one attached hydrogen (secondary N) is 2. The van der Waals surface area contributed by atoms with E-state index in [-0.39, 0.29) is 9.92 Å². The van der Waals surface area contributed by atoms with Crippen LogP contribution in [0.5, 0.6) is 0 Å². The average molecular weight is 322 g/mol. The number of carbonyl (C=O) groups is 1. The van der Waals surface area contributed by atoms with Gasteiger partial charge >= 0.3 is 0 Å². The molecular weight excluding hydrogens is 306 g/mol. The van der Waals surface area contributed by atoms with Gasteiger partial charge in [-0.05, 0) is 13.0 Å². The lowest BCUT2D eigenvalue weighted by Crippen LogP contribution is -2.45. The molecule has 0 aromatic carbocycles. The Labute approximate surface area is 122 Å². The lowest BCUT2D eigenvalue weighted by atomic mass is 10.3. The van der Waals surface area contributed by atoms with Crippen molar-refractivity contribution in [1.82, 2.24) is 15.0 Å². The van der Waals surface area contributed by atoms with Gasteiger partial charge in [0.2, 0.25) is 15.9 Å². The fourth-order valence-corrected chi connectivity index (χ4v) is 2.97. The lowest BCUT2D eigenvalue weighted by Gasteiger charge is -2.14. The zero-order valence-electron chi connectivity index (χ0n) is 11.1. The highest BCUT2D eigenvalue weighted by molar-refractivity contribution is 7.89. The van der Waals surface area contributed by atoms with Crippen molar-refractivity contribution in [3.8, 4) is 0 Å². The summed E-state index contributed by atoms with van der Waals surface area (Å²) in [6.45, 7) is 2.08. The van der Waals surface area contributed by atoms with E-state index in [0.717, 1.165) is 6.20 Å². The van der Waals surface area contributed by atoms with Crippen LogP contribution in [-0.4, -0.2) is 45.6 Å². The molecule has 0 spiro atoms. The maximum Gasteiger partial charge on any atom is 0.244 e. The van der Waals surface area contributed by atoms with E-state index in [2.05, 4.69) is 15.0 Å². The summed E-state index contributed by atoms with van der Waals surface area (Å²) in [6, 6.07) is 0.424. The summed E-state index contributed by atoms with van der Waals surface area (Å²) in [7, 11) is -2.40. The third kappa shape index (κ3) is 4.71. The van der Waals surface area contributed by atoms with Crippen molar-refractivity contribution >= 4 is 27.5 Å². The largest absolute Gasteiger partial charge is 0.383 e. The normalized spacial score (nSPS) is 12.9. The molecule has 1 rings (SSSR count). The molecule has 2 N–H and O–H groups in total. The first-order chi connectivity index (χ1) is 9.38. The third-order valence-corrected chi connectivity index (χ3v) is 4.36. The first kappa shape index (κ1) is 16.8. The number of hydrogen-bond acceptors (Lipinski definition) is 5. The molecule has 1 heterocycles. The molecule has 0 fully saturated rings. The zero-order chi connectivity index (χ0) is 15.2. The Morgan fingerprint density at radius 3 is 2.85 bits per heavy atom. The Balaban J connectivity index is 2.72. The predicted octanol–water partition coefficient (Wildman–Crippen LogP) is 0.164. The highest BCUT2D eigenvalue weighted by atomic mass is 35.5. The second-order valence-corrected chi connectivity index (χ2v) is 6.02. The smallest absolute Gasteiger partial charge is 0.244 e. The van der Waals surface area contributed by atoms with Crippen LogP contribution in [0.25, 0.3) is 0 Å². The van der Waals surface area contributed by atoms with E-state index in [9.17, 15) is 13.2 Å². The molecule has 0 aliphatic carbocycles. The van der Waals surface area contributed by atoms with E-state index < -0.39 is 22.0 Å². The Hall–Kier alpha value is -1.22. The number of carbonyl (C=O) groups excluding carboxylic acids is 1. The summed E-state index contributed by atoms with van der Waals surface area (Å²) < 4.78 is 31.1. The van der Waals surface area contributed by atoms with Gasteiger partial charge < -0.3 is 10.1 Å². The van der Waals surface area contributed by atoms with Crippen molar-refractivity contribution in [1.29, 1.82) is 0 Å². The number of sulfonamides is 1. The molecular formula is C11H16ClN3O4S. The van der Waals surface area contributed by atoms with Crippen LogP contribution in [0, 0.1) is 0 Å². The van der Waals surface area contributed by atoms with Crippen LogP contribution in [0.4, 0.5) is 0 Å². The summed E-state index contributed by atoms with van der Waals surface area (Å²) in [4.78, 5) is 15.2. The van der Waals surface area contributed by atoms with E-state index in [1.54, 1.807) is 0 Å². The van der Waals surface area contributed by atoms with Crippen LogP contribution in [-0.2, 0) is 19.6 Å². The molecule has 0 radical (unpaired) electrons. The standard InChI is InChI=1S/C11H16ClN3O4S/c1-8(11(16)14-5-6-19-2)15-20(17,18)10-7-13-4-3-9(10)12/h3-4,7-8,15H,5-6H2,1-2H3,(H,14,16). The molecule has 0 saturated carbocycles. The minimum Gasteiger partial charge on any atom is -0.383 e. The molecule has 0 bridgehead atoms. The fourth-order valence-electron chi connectivity index (χ4n) is 1.34. The number of methoxy groups -OCH3 is 1. The van der Waals surface area contributed by atoms with Gasteiger partial charge in [-0.3, -0.25) is 9.78 Å². The molecule has 7 nitrogen and oxygen atoms in total. The van der Waals surface area contributed by atoms with Crippen LogP contribution in [0.2, 0.25) is 5.02 Å². The average Bonchev–Trinajstić information content (AvgIpc) is 2.38. The van der Waals surface area contributed by atoms with Crippen LogP contribution < -0.4 is 10.0 Å². The van der Waals surface area contributed by atoms with E-state index in [1.807, 2.05) is 0 Å². The molecule has 20 heavy (non-hydrogen) atoms. The van der Waals surface area contributed by atoms with Gasteiger partial charge in [0, 0.05) is 26.0 Å². The number of aromatic nitrogens is 1. The topological polar surface area (TPSA) is 97.4 Å². The minimum absolute atomic E-state index is 0.0412. The van der Waals surface area contributed by atoms with Crippen LogP contribution in [0.1, 0.15) is 6.92 Å². The number of ether oxygens (including phenoxy) is 1. The van der Waals surface area contributed by atoms with Crippen LogP contribution >= 0.6 is 11.6 Å². The summed E-state index contributed by atoms with van der Waals surface area (Å²) >= 11 is 5.80. The first-order valence-corrected chi connectivity index (χ1v) is 7.63. The molecule has 1 atom stereocenters. The van der Waals surface area contributed by atoms with Crippen molar-refractivity contribution in [3.63, 3.8) is 0 Å². The van der Waals surface area contributed by atoms with Gasteiger partial charge in [0.1, 0.15) is 4.90 Å². The third-order valence-electron chi connectivity index (χ3n) is 2.35. The van der Waals surface area contributed by atoms with E-state index in [1.165, 1.54) is 26.3 Å². The minimum atomic E-state index is -3.90. The number of amides is 1. The predicted molar refractivity (Wildman–Crippen MR) is 73.9 cm³/mol. The summed E-state index contributed by atoms with van der Waals surface area (Å²) in [6.07, 6.45) is 2.50. The second-order valence-electron chi connectivity index (χ2n) is 3.93. The lowest BCUT2D eigenvalue weighted by molar-refractivity contribution is -0.122. The summed E-state index contributed by atoms with van der Waals surface area (Å²) in [5, 5.41) is 2.57. The summed E-state index contributed by atoms with van der Waals surface area (Å²) in [5.41, 5.74) is 0. The highest BCUT2D eigenvalue weighted by Gasteiger charge is 2.23. The van der Waals surface area contributed by atoms with Crippen molar-refractivity contribution in [2.45, 2.75) is 17.9 Å². The number of halogens is 1. The van der Waals surface area contributed by atoms with Gasteiger partial charge in [0.15, 0.2) is 0 Å². The number of rotatable bonds is 7. The van der Waals surface area contributed by atoms with E-state index in [4.69, 9.17) is 16.3 Å². The zero-order valence-corrected chi connectivity index (χ0v) is 12.7. The number of hydrogen-bond donors (Lipinski definition) is 2. The molecule has 0 saturated heterocycles. The molecule has 0 aliphatic rings. The fraction of sp³-hybridized carbons (Fsp3) is 0.455. The maximum atomic E-state index is 12.1. The van der Waals surface area contributed by atoms with Crippen molar-refractivity contribution in [2.24, 2.45) is 0 Å². The Kier molecular flexibility index (Phi) is 6.34. The van der Waals surface area contributed by atoms with Crippen molar-refractivity contribution in [3.05, 3.63) is 23.5 Å². The van der Waals surface area contributed by atoms with Gasteiger partial charge in [0.05, 0.1) is 17.7 Å². The van der Waals surface area contributed by atoms with Gasteiger partial charge in [-0.1, -0.05) is 11.6 Å². The SMILES string of the molecule is COCCNC(=O)C(C)NS(=O)(=O)c1cnccc1Cl. The molecule has 1 unspecified atom stereocenters. The van der Waals surface area contributed by atoms with Gasteiger partial charge in [0.25, 0.3) is 0 Å². The monoisotopic (exact) mass is 321 g/mol. The number of pyridine rings is 1. The Morgan fingerprint density at radius 1 is 1.55 bits per heavy atom. The van der Waals surface area contributed by atoms with E-state index in [0.29, 0.717) is 13.2 Å². The molecule has 9 heteroatoms.